The Labute approximate surface area is 91.7 Å². The van der Waals surface area contributed by atoms with E-state index in [0.29, 0.717) is 11.3 Å². The molecule has 1 aromatic heterocycles. The summed E-state index contributed by atoms with van der Waals surface area (Å²) in [5.41, 5.74) is 5.03. The number of aliphatic hydroxyl groups is 1. The Bertz CT molecular complexity index is 389. The zero-order valence-corrected chi connectivity index (χ0v) is 10.3. The van der Waals surface area contributed by atoms with Gasteiger partial charge in [0, 0.05) is 11.4 Å². The molecule has 2 rings (SSSR count). The highest BCUT2D eigenvalue weighted by atomic mass is 16.3. The van der Waals surface area contributed by atoms with Crippen LogP contribution in [0.2, 0.25) is 0 Å². The zero-order valence-electron chi connectivity index (χ0n) is 10.3. The molecule has 84 valence electrons. The van der Waals surface area contributed by atoms with Crippen LogP contribution >= 0.6 is 0 Å². The molecule has 0 aromatic carbocycles. The summed E-state index contributed by atoms with van der Waals surface area (Å²) < 4.78 is 0. The highest BCUT2D eigenvalue weighted by Crippen LogP contribution is 2.57. The predicted octanol–water partition coefficient (Wildman–Crippen LogP) is 3.02. The maximum Gasteiger partial charge on any atom is 0.0973 e. The van der Waals surface area contributed by atoms with Crippen LogP contribution in [0.1, 0.15) is 48.9 Å². The molecule has 1 aliphatic carbocycles. The second-order valence-corrected chi connectivity index (χ2v) is 5.66. The quantitative estimate of drug-likeness (QED) is 0.768. The first-order valence-electron chi connectivity index (χ1n) is 5.68. The van der Waals surface area contributed by atoms with Gasteiger partial charge in [0.05, 0.1) is 6.10 Å². The van der Waals surface area contributed by atoms with E-state index >= 15 is 0 Å². The third kappa shape index (κ3) is 1.61. The number of aryl methyl sites for hydroxylation is 1. The SMILES string of the molecule is Cc1[nH]c(C(O)C2CC2(C)C)c(C)c1C. The molecule has 0 saturated heterocycles. The van der Waals surface area contributed by atoms with Crippen molar-refractivity contribution in [3.63, 3.8) is 0 Å². The lowest BCUT2D eigenvalue weighted by molar-refractivity contribution is 0.134. The molecule has 2 unspecified atom stereocenters. The van der Waals surface area contributed by atoms with Crippen molar-refractivity contribution in [1.82, 2.24) is 4.98 Å². The lowest BCUT2D eigenvalue weighted by Gasteiger charge is -2.12. The summed E-state index contributed by atoms with van der Waals surface area (Å²) in [4.78, 5) is 3.32. The standard InChI is InChI=1S/C13H21NO/c1-7-8(2)11(14-9(7)3)12(15)10-6-13(10,4)5/h10,12,14-15H,6H2,1-5H3. The van der Waals surface area contributed by atoms with Gasteiger partial charge in [-0.05, 0) is 49.7 Å². The van der Waals surface area contributed by atoms with Crippen molar-refractivity contribution in [2.24, 2.45) is 11.3 Å². The molecule has 1 heterocycles. The Morgan fingerprint density at radius 2 is 1.80 bits per heavy atom. The lowest BCUT2D eigenvalue weighted by Crippen LogP contribution is -2.06. The molecule has 0 bridgehead atoms. The van der Waals surface area contributed by atoms with Gasteiger partial charge >= 0.3 is 0 Å². The van der Waals surface area contributed by atoms with Gasteiger partial charge in [-0.2, -0.15) is 0 Å². The van der Waals surface area contributed by atoms with Crippen molar-refractivity contribution < 1.29 is 5.11 Å². The van der Waals surface area contributed by atoms with Gasteiger partial charge in [0.2, 0.25) is 0 Å². The smallest absolute Gasteiger partial charge is 0.0973 e. The van der Waals surface area contributed by atoms with Crippen LogP contribution in [0.5, 0.6) is 0 Å². The molecular formula is C13H21NO. The summed E-state index contributed by atoms with van der Waals surface area (Å²) in [7, 11) is 0. The average Bonchev–Trinajstić information content (AvgIpc) is 2.72. The van der Waals surface area contributed by atoms with Crippen molar-refractivity contribution in [2.45, 2.75) is 47.1 Å². The first-order valence-corrected chi connectivity index (χ1v) is 5.68. The van der Waals surface area contributed by atoms with Crippen LogP contribution in [0.25, 0.3) is 0 Å². The molecule has 2 heteroatoms. The summed E-state index contributed by atoms with van der Waals surface area (Å²) in [6, 6.07) is 0. The number of aromatic nitrogens is 1. The molecule has 2 N–H and O–H groups in total. The summed E-state index contributed by atoms with van der Waals surface area (Å²) in [6.45, 7) is 10.7. The number of aromatic amines is 1. The fraction of sp³-hybridized carbons (Fsp3) is 0.692. The fourth-order valence-electron chi connectivity index (χ4n) is 2.42. The van der Waals surface area contributed by atoms with E-state index in [1.54, 1.807) is 0 Å². The maximum atomic E-state index is 10.3. The molecule has 0 amide bonds. The molecule has 0 spiro atoms. The van der Waals surface area contributed by atoms with Gasteiger partial charge in [-0.15, -0.1) is 0 Å². The topological polar surface area (TPSA) is 36.0 Å². The second-order valence-electron chi connectivity index (χ2n) is 5.66. The number of hydrogen-bond donors (Lipinski definition) is 2. The monoisotopic (exact) mass is 207 g/mol. The average molecular weight is 207 g/mol. The van der Waals surface area contributed by atoms with E-state index in [1.165, 1.54) is 16.8 Å². The number of H-pyrrole nitrogens is 1. The van der Waals surface area contributed by atoms with Gasteiger partial charge < -0.3 is 10.1 Å². The van der Waals surface area contributed by atoms with Crippen molar-refractivity contribution in [3.8, 4) is 0 Å². The van der Waals surface area contributed by atoms with Crippen LogP contribution < -0.4 is 0 Å². The predicted molar refractivity (Wildman–Crippen MR) is 61.9 cm³/mol. The third-order valence-corrected chi connectivity index (χ3v) is 4.12. The molecule has 1 saturated carbocycles. The normalized spacial score (nSPS) is 25.3. The molecular weight excluding hydrogens is 186 g/mol. The van der Waals surface area contributed by atoms with Crippen LogP contribution in [0.3, 0.4) is 0 Å². The Balaban J connectivity index is 2.27. The maximum absolute atomic E-state index is 10.3. The molecule has 1 aliphatic rings. The van der Waals surface area contributed by atoms with Crippen LogP contribution in [0.4, 0.5) is 0 Å². The first-order chi connectivity index (χ1) is 6.84. The zero-order chi connectivity index (χ0) is 11.4. The third-order valence-electron chi connectivity index (χ3n) is 4.12. The summed E-state index contributed by atoms with van der Waals surface area (Å²) in [5.74, 6) is 0.425. The molecule has 0 radical (unpaired) electrons. The lowest BCUT2D eigenvalue weighted by atomic mass is 10.0. The molecule has 2 atom stereocenters. The van der Waals surface area contributed by atoms with Crippen LogP contribution in [0.15, 0.2) is 0 Å². The van der Waals surface area contributed by atoms with E-state index in [4.69, 9.17) is 0 Å². The highest BCUT2D eigenvalue weighted by molar-refractivity contribution is 5.36. The number of hydrogen-bond acceptors (Lipinski definition) is 1. The highest BCUT2D eigenvalue weighted by Gasteiger charge is 2.50. The molecule has 15 heavy (non-hydrogen) atoms. The Morgan fingerprint density at radius 1 is 1.27 bits per heavy atom. The van der Waals surface area contributed by atoms with E-state index in [0.717, 1.165) is 12.1 Å². The second kappa shape index (κ2) is 3.11. The largest absolute Gasteiger partial charge is 0.387 e. The van der Waals surface area contributed by atoms with Crippen LogP contribution in [-0.4, -0.2) is 10.1 Å². The van der Waals surface area contributed by atoms with E-state index < -0.39 is 0 Å². The summed E-state index contributed by atoms with van der Waals surface area (Å²) in [5, 5.41) is 10.3. The molecule has 2 nitrogen and oxygen atoms in total. The first kappa shape index (κ1) is 10.7. The van der Waals surface area contributed by atoms with Crippen molar-refractivity contribution >= 4 is 0 Å². The summed E-state index contributed by atoms with van der Waals surface area (Å²) >= 11 is 0. The van der Waals surface area contributed by atoms with Gasteiger partial charge in [0.15, 0.2) is 0 Å². The van der Waals surface area contributed by atoms with Gasteiger partial charge in [-0.3, -0.25) is 0 Å². The minimum atomic E-state index is -0.313. The van der Waals surface area contributed by atoms with Gasteiger partial charge in [-0.1, -0.05) is 13.8 Å². The summed E-state index contributed by atoms with van der Waals surface area (Å²) in [6.07, 6.45) is 0.817. The molecule has 1 fully saturated rings. The van der Waals surface area contributed by atoms with Crippen LogP contribution in [-0.2, 0) is 0 Å². The minimum absolute atomic E-state index is 0.313. The van der Waals surface area contributed by atoms with Crippen molar-refractivity contribution in [2.75, 3.05) is 0 Å². The Morgan fingerprint density at radius 3 is 2.13 bits per heavy atom. The van der Waals surface area contributed by atoms with Gasteiger partial charge in [0.25, 0.3) is 0 Å². The van der Waals surface area contributed by atoms with E-state index in [-0.39, 0.29) is 6.10 Å². The van der Waals surface area contributed by atoms with Crippen LogP contribution in [0, 0.1) is 32.1 Å². The Kier molecular flexibility index (Phi) is 2.23. The van der Waals surface area contributed by atoms with E-state index in [9.17, 15) is 5.11 Å². The van der Waals surface area contributed by atoms with Crippen molar-refractivity contribution in [1.29, 1.82) is 0 Å². The Hall–Kier alpha value is -0.760. The van der Waals surface area contributed by atoms with Crippen molar-refractivity contribution in [3.05, 3.63) is 22.5 Å². The van der Waals surface area contributed by atoms with E-state index in [1.807, 2.05) is 0 Å². The van der Waals surface area contributed by atoms with Gasteiger partial charge in [0.1, 0.15) is 0 Å². The number of nitrogens with one attached hydrogen (secondary N) is 1. The fourth-order valence-corrected chi connectivity index (χ4v) is 2.42. The van der Waals surface area contributed by atoms with Gasteiger partial charge in [-0.25, -0.2) is 0 Å². The number of aliphatic hydroxyl groups excluding tert-OH is 1. The number of rotatable bonds is 2. The minimum Gasteiger partial charge on any atom is -0.387 e. The molecule has 1 aromatic rings. The molecule has 0 aliphatic heterocycles. The van der Waals surface area contributed by atoms with E-state index in [2.05, 4.69) is 39.6 Å².